The van der Waals surface area contributed by atoms with Crippen LogP contribution in [-0.2, 0) is 19.1 Å². The molecule has 2 aromatic heterocycles. The zero-order valence-electron chi connectivity index (χ0n) is 32.3. The largest absolute Gasteiger partial charge is 0.453 e. The van der Waals surface area contributed by atoms with Crippen LogP contribution in [0.25, 0.3) is 33.6 Å². The van der Waals surface area contributed by atoms with Gasteiger partial charge in [0.05, 0.1) is 44.0 Å². The quantitative estimate of drug-likeness (QED) is 0.125. The number of benzene rings is 2. The van der Waals surface area contributed by atoms with Crippen molar-refractivity contribution in [3.8, 4) is 33.6 Å². The van der Waals surface area contributed by atoms with E-state index in [2.05, 4.69) is 67.0 Å². The summed E-state index contributed by atoms with van der Waals surface area (Å²) < 4.78 is 9.60. The van der Waals surface area contributed by atoms with Crippen LogP contribution >= 0.6 is 0 Å². The number of aromatic amines is 2. The van der Waals surface area contributed by atoms with Gasteiger partial charge in [0.15, 0.2) is 0 Å². The Labute approximate surface area is 326 Å². The number of likely N-dealkylation sites (tertiary alicyclic amines) is 1. The van der Waals surface area contributed by atoms with E-state index in [0.717, 1.165) is 78.0 Å². The maximum Gasteiger partial charge on any atom is 0.407 e. The normalized spacial score (nSPS) is 19.3. The van der Waals surface area contributed by atoms with Crippen LogP contribution in [0.5, 0.6) is 0 Å². The van der Waals surface area contributed by atoms with E-state index in [9.17, 15) is 19.2 Å². The molecule has 4 aromatic rings. The van der Waals surface area contributed by atoms with Crippen LogP contribution in [0.4, 0.5) is 9.59 Å². The zero-order valence-corrected chi connectivity index (χ0v) is 32.3. The molecule has 4 atom stereocenters. The number of hydrogen-bond acceptors (Lipinski definition) is 8. The molecule has 4 amide bonds. The molecule has 56 heavy (non-hydrogen) atoms. The number of H-pyrrole nitrogens is 2. The molecule has 14 heteroatoms. The highest BCUT2D eigenvalue weighted by Gasteiger charge is 2.40. The molecule has 3 aliphatic rings. The van der Waals surface area contributed by atoms with E-state index in [4.69, 9.17) is 9.47 Å². The summed E-state index contributed by atoms with van der Waals surface area (Å²) in [4.78, 5) is 71.2. The average Bonchev–Trinajstić information content (AvgIpc) is 4.07. The van der Waals surface area contributed by atoms with E-state index < -0.39 is 24.3 Å². The second kappa shape index (κ2) is 16.8. The molecule has 4 heterocycles. The lowest BCUT2D eigenvalue weighted by Crippen LogP contribution is -2.51. The first-order valence-electron chi connectivity index (χ1n) is 19.4. The molecule has 7 rings (SSSR count). The molecule has 1 saturated heterocycles. The third kappa shape index (κ3) is 8.05. The summed E-state index contributed by atoms with van der Waals surface area (Å²) in [5.41, 5.74) is 5.74. The highest BCUT2D eigenvalue weighted by Crippen LogP contribution is 2.35. The topological polar surface area (TPSA) is 175 Å². The number of ether oxygens (including phenoxy) is 2. The van der Waals surface area contributed by atoms with E-state index in [1.807, 2.05) is 38.1 Å². The van der Waals surface area contributed by atoms with Gasteiger partial charge < -0.3 is 39.9 Å². The highest BCUT2D eigenvalue weighted by atomic mass is 16.5. The van der Waals surface area contributed by atoms with E-state index >= 15 is 0 Å². The highest BCUT2D eigenvalue weighted by molar-refractivity contribution is 5.87. The minimum atomic E-state index is -0.688. The maximum absolute atomic E-state index is 13.8. The lowest BCUT2D eigenvalue weighted by atomic mass is 9.96. The molecule has 0 bridgehead atoms. The first-order valence-corrected chi connectivity index (χ1v) is 19.4. The van der Waals surface area contributed by atoms with Gasteiger partial charge in [0, 0.05) is 13.1 Å². The van der Waals surface area contributed by atoms with Gasteiger partial charge in [0.1, 0.15) is 29.8 Å². The van der Waals surface area contributed by atoms with Crippen LogP contribution < -0.4 is 10.6 Å². The Kier molecular flexibility index (Phi) is 11.5. The van der Waals surface area contributed by atoms with E-state index in [-0.39, 0.29) is 35.7 Å². The number of nitrogens with zero attached hydrogens (tertiary/aromatic N) is 4. The number of aromatic nitrogens is 4. The fourth-order valence-electron chi connectivity index (χ4n) is 8.19. The van der Waals surface area contributed by atoms with E-state index in [1.54, 1.807) is 22.2 Å². The summed E-state index contributed by atoms with van der Waals surface area (Å²) in [6.45, 7) is 4.84. The maximum atomic E-state index is 13.8. The van der Waals surface area contributed by atoms with Gasteiger partial charge in [-0.05, 0) is 59.8 Å². The summed E-state index contributed by atoms with van der Waals surface area (Å²) in [6, 6.07) is 14.6. The molecule has 2 aromatic carbocycles. The molecule has 2 fully saturated rings. The number of imidazole rings is 2. The average molecular weight is 763 g/mol. The standard InChI is InChI=1S/C42H50N8O6/c1-25(2)35(47-41(53)55-3)39(51)49-21-7-11-33(49)37-43-23-31(45-37)28-17-13-26(14-18-28)27-15-19-29(20-16-27)32-24-44-38(46-32)34-12-8-22-50(34)40(52)36(48-42(54)56-4)30-9-5-6-10-30/h8,12-20,23-25,30,33-36H,5-7,9-11,21-22H2,1-4H3,(H,43,45)(H,44,46)(H,47,53)(H,48,54)/t33?,34?,35-,36-/m0/s1. The molecule has 0 radical (unpaired) electrons. The number of amides is 4. The number of carbonyl (C=O) groups is 4. The molecule has 0 spiro atoms. The molecule has 14 nitrogen and oxygen atoms in total. The van der Waals surface area contributed by atoms with E-state index in [0.29, 0.717) is 18.9 Å². The minimum absolute atomic E-state index is 0.0811. The van der Waals surface area contributed by atoms with E-state index in [1.165, 1.54) is 14.2 Å². The first-order chi connectivity index (χ1) is 27.1. The number of alkyl carbamates (subject to hydrolysis) is 2. The van der Waals surface area contributed by atoms with Crippen LogP contribution in [0.2, 0.25) is 0 Å². The summed E-state index contributed by atoms with van der Waals surface area (Å²) in [5, 5.41) is 5.50. The lowest BCUT2D eigenvalue weighted by molar-refractivity contribution is -0.136. The summed E-state index contributed by atoms with van der Waals surface area (Å²) in [6.07, 6.45) is 11.8. The summed E-state index contributed by atoms with van der Waals surface area (Å²) >= 11 is 0. The molecule has 1 aliphatic carbocycles. The van der Waals surface area contributed by atoms with Gasteiger partial charge in [0.25, 0.3) is 0 Å². The number of rotatable bonds is 11. The lowest BCUT2D eigenvalue weighted by Gasteiger charge is -2.31. The van der Waals surface area contributed by atoms with Gasteiger partial charge in [0.2, 0.25) is 11.8 Å². The Morgan fingerprint density at radius 1 is 0.714 bits per heavy atom. The van der Waals surface area contributed by atoms with Crippen LogP contribution in [0.3, 0.4) is 0 Å². The minimum Gasteiger partial charge on any atom is -0.453 e. The molecule has 4 N–H and O–H groups in total. The molecule has 294 valence electrons. The molecule has 2 unspecified atom stereocenters. The van der Waals surface area contributed by atoms with Crippen molar-refractivity contribution in [2.24, 2.45) is 11.8 Å². The van der Waals surface area contributed by atoms with Crippen molar-refractivity contribution in [2.75, 3.05) is 27.3 Å². The monoisotopic (exact) mass is 762 g/mol. The molecular formula is C42H50N8O6. The van der Waals surface area contributed by atoms with Gasteiger partial charge >= 0.3 is 12.2 Å². The number of hydrogen-bond donors (Lipinski definition) is 4. The van der Waals surface area contributed by atoms with Crippen molar-refractivity contribution < 1.29 is 28.7 Å². The Morgan fingerprint density at radius 3 is 1.86 bits per heavy atom. The Balaban J connectivity index is 1.000. The number of methoxy groups -OCH3 is 2. The third-order valence-corrected chi connectivity index (χ3v) is 11.3. The fraction of sp³-hybridized carbons (Fsp3) is 0.429. The van der Waals surface area contributed by atoms with Gasteiger partial charge in [-0.25, -0.2) is 19.6 Å². The van der Waals surface area contributed by atoms with Gasteiger partial charge in [-0.3, -0.25) is 9.59 Å². The van der Waals surface area contributed by atoms with Crippen LogP contribution in [0, 0.1) is 11.8 Å². The third-order valence-electron chi connectivity index (χ3n) is 11.3. The fourth-order valence-corrected chi connectivity index (χ4v) is 8.19. The molecular weight excluding hydrogens is 713 g/mol. The van der Waals surface area contributed by atoms with Gasteiger partial charge in [-0.1, -0.05) is 87.4 Å². The number of carbonyl (C=O) groups excluding carboxylic acids is 4. The van der Waals surface area contributed by atoms with Crippen molar-refractivity contribution in [1.29, 1.82) is 0 Å². The van der Waals surface area contributed by atoms with Crippen LogP contribution in [0.1, 0.15) is 76.1 Å². The van der Waals surface area contributed by atoms with Gasteiger partial charge in [-0.2, -0.15) is 0 Å². The number of nitrogens with one attached hydrogen (secondary N) is 4. The zero-order chi connectivity index (χ0) is 39.3. The Hall–Kier alpha value is -5.92. The second-order valence-corrected chi connectivity index (χ2v) is 15.1. The van der Waals surface area contributed by atoms with Crippen molar-refractivity contribution in [3.63, 3.8) is 0 Å². The van der Waals surface area contributed by atoms with Crippen molar-refractivity contribution in [3.05, 3.63) is 84.7 Å². The second-order valence-electron chi connectivity index (χ2n) is 15.1. The first kappa shape index (κ1) is 38.4. The predicted molar refractivity (Wildman–Crippen MR) is 210 cm³/mol. The molecule has 1 saturated carbocycles. The van der Waals surface area contributed by atoms with Crippen molar-refractivity contribution in [1.82, 2.24) is 40.4 Å². The van der Waals surface area contributed by atoms with Crippen LogP contribution in [-0.4, -0.2) is 93.1 Å². The SMILES string of the molecule is COC(=O)N[C@H](C(=O)N1CCCC1c1ncc(-c2ccc(-c3ccc(-c4cnc(C5C=CCN5C(=O)[C@@H](NC(=O)OC)C5CCCC5)[nH]4)cc3)cc2)[nH]1)C(C)C. The van der Waals surface area contributed by atoms with Crippen molar-refractivity contribution >= 4 is 24.0 Å². The van der Waals surface area contributed by atoms with Crippen molar-refractivity contribution in [2.45, 2.75) is 76.5 Å². The molecule has 2 aliphatic heterocycles. The summed E-state index contributed by atoms with van der Waals surface area (Å²) in [5.74, 6) is 1.09. The Bertz CT molecular complexity index is 2050. The summed E-state index contributed by atoms with van der Waals surface area (Å²) in [7, 11) is 2.60. The van der Waals surface area contributed by atoms with Gasteiger partial charge in [-0.15, -0.1) is 0 Å². The van der Waals surface area contributed by atoms with Crippen LogP contribution in [0.15, 0.2) is 73.1 Å². The predicted octanol–water partition coefficient (Wildman–Crippen LogP) is 6.53. The Morgan fingerprint density at radius 2 is 1.27 bits per heavy atom. The smallest absolute Gasteiger partial charge is 0.407 e.